The fraction of sp³-hybridized carbons (Fsp3) is 0.429. The number of aromatic nitrogens is 1. The van der Waals surface area contributed by atoms with E-state index in [1.54, 1.807) is 25.1 Å². The molecule has 2 heterocycles. The number of thioether (sulfide) groups is 1. The van der Waals surface area contributed by atoms with Gasteiger partial charge in [0.15, 0.2) is 0 Å². The average molecular weight is 529 g/mol. The van der Waals surface area contributed by atoms with Crippen molar-refractivity contribution in [3.05, 3.63) is 65.3 Å². The van der Waals surface area contributed by atoms with E-state index in [1.807, 2.05) is 42.5 Å². The summed E-state index contributed by atoms with van der Waals surface area (Å²) in [6, 6.07) is 15.3. The zero-order valence-electron chi connectivity index (χ0n) is 20.5. The Hall–Kier alpha value is -2.32. The Kier molecular flexibility index (Phi) is 9.48. The van der Waals surface area contributed by atoms with Gasteiger partial charge in [-0.05, 0) is 98.5 Å². The van der Waals surface area contributed by atoms with E-state index in [2.05, 4.69) is 16.0 Å². The summed E-state index contributed by atoms with van der Waals surface area (Å²) >= 11 is 7.83. The Labute approximate surface area is 221 Å². The summed E-state index contributed by atoms with van der Waals surface area (Å²) in [5.74, 6) is 0.576. The monoisotopic (exact) mass is 528 g/mol. The van der Waals surface area contributed by atoms with Crippen LogP contribution in [-0.4, -0.2) is 58.6 Å². The number of rotatable bonds is 11. The summed E-state index contributed by atoms with van der Waals surface area (Å²) in [7, 11) is 1.62. The van der Waals surface area contributed by atoms with Gasteiger partial charge in [0.05, 0.1) is 24.6 Å². The lowest BCUT2D eigenvalue weighted by Gasteiger charge is -2.37. The Balaban J connectivity index is 1.29. The number of benzene rings is 2. The van der Waals surface area contributed by atoms with Gasteiger partial charge in [0.2, 0.25) is 0 Å². The minimum absolute atomic E-state index is 0.0527. The molecule has 3 atom stereocenters. The van der Waals surface area contributed by atoms with Gasteiger partial charge in [-0.15, -0.1) is 11.8 Å². The van der Waals surface area contributed by atoms with Gasteiger partial charge >= 0.3 is 5.97 Å². The second-order valence-electron chi connectivity index (χ2n) is 9.33. The highest BCUT2D eigenvalue weighted by molar-refractivity contribution is 7.99. The number of aliphatic carboxylic acids is 1. The number of hydrogen-bond acceptors (Lipinski definition) is 6. The Morgan fingerprint density at radius 1 is 1.28 bits per heavy atom. The number of methoxy groups -OCH3 is 1. The molecule has 2 N–H and O–H groups in total. The molecule has 1 aliphatic rings. The van der Waals surface area contributed by atoms with E-state index in [0.717, 1.165) is 58.1 Å². The minimum atomic E-state index is -0.744. The van der Waals surface area contributed by atoms with Crippen LogP contribution in [0.4, 0.5) is 0 Å². The number of halogens is 1. The second-order valence-corrected chi connectivity index (χ2v) is 10.9. The van der Waals surface area contributed by atoms with Gasteiger partial charge < -0.3 is 19.8 Å². The largest absolute Gasteiger partial charge is 0.497 e. The summed E-state index contributed by atoms with van der Waals surface area (Å²) in [6.07, 6.45) is 4.03. The summed E-state index contributed by atoms with van der Waals surface area (Å²) in [5, 5.41) is 22.5. The van der Waals surface area contributed by atoms with Crippen molar-refractivity contribution in [1.29, 1.82) is 0 Å². The average Bonchev–Trinajstić information content (AvgIpc) is 2.89. The van der Waals surface area contributed by atoms with Gasteiger partial charge in [-0.3, -0.25) is 9.78 Å². The molecular weight excluding hydrogens is 496 g/mol. The van der Waals surface area contributed by atoms with Crippen molar-refractivity contribution in [1.82, 2.24) is 9.88 Å². The van der Waals surface area contributed by atoms with Crippen LogP contribution >= 0.6 is 23.4 Å². The van der Waals surface area contributed by atoms with Gasteiger partial charge in [0.1, 0.15) is 5.75 Å². The first kappa shape index (κ1) is 26.7. The predicted molar refractivity (Wildman–Crippen MR) is 145 cm³/mol. The molecule has 192 valence electrons. The van der Waals surface area contributed by atoms with E-state index in [1.165, 1.54) is 0 Å². The van der Waals surface area contributed by atoms with Crippen LogP contribution in [0.15, 0.2) is 59.6 Å². The molecule has 3 aromatic rings. The SMILES string of the molecule is COc1ccc2nccc([C@H](O)CC[C@@H]3CCN(CCCSc4cccc(Cl)c4)C[C@@H]3C(=O)O)c2c1. The van der Waals surface area contributed by atoms with Crippen LogP contribution in [0.1, 0.15) is 37.4 Å². The molecule has 1 aromatic heterocycles. The van der Waals surface area contributed by atoms with Crippen LogP contribution in [0, 0.1) is 11.8 Å². The third kappa shape index (κ3) is 6.91. The molecule has 6 nitrogen and oxygen atoms in total. The van der Waals surface area contributed by atoms with Crippen LogP contribution in [0.5, 0.6) is 5.75 Å². The van der Waals surface area contributed by atoms with Gasteiger partial charge in [-0.1, -0.05) is 17.7 Å². The van der Waals surface area contributed by atoms with Gasteiger partial charge in [-0.25, -0.2) is 0 Å². The number of fused-ring (bicyclic) bond motifs is 1. The number of hydrogen-bond donors (Lipinski definition) is 2. The number of ether oxygens (including phenoxy) is 1. The number of carboxylic acids is 1. The third-order valence-corrected chi connectivity index (χ3v) is 8.31. The van der Waals surface area contributed by atoms with Gasteiger partial charge in [0.25, 0.3) is 0 Å². The maximum Gasteiger partial charge on any atom is 0.308 e. The van der Waals surface area contributed by atoms with Crippen LogP contribution in [0.25, 0.3) is 10.9 Å². The zero-order valence-corrected chi connectivity index (χ0v) is 22.0. The molecule has 0 radical (unpaired) electrons. The highest BCUT2D eigenvalue weighted by atomic mass is 35.5. The molecule has 0 bridgehead atoms. The maximum atomic E-state index is 12.1. The first-order chi connectivity index (χ1) is 17.4. The smallest absolute Gasteiger partial charge is 0.308 e. The Morgan fingerprint density at radius 3 is 2.92 bits per heavy atom. The number of pyridine rings is 1. The van der Waals surface area contributed by atoms with Gasteiger partial charge in [-0.2, -0.15) is 0 Å². The zero-order chi connectivity index (χ0) is 25.5. The van der Waals surface area contributed by atoms with E-state index in [9.17, 15) is 15.0 Å². The molecule has 2 aromatic carbocycles. The number of nitrogens with zero attached hydrogens (tertiary/aromatic N) is 2. The normalized spacial score (nSPS) is 19.3. The first-order valence-electron chi connectivity index (χ1n) is 12.4. The number of piperidine rings is 1. The minimum Gasteiger partial charge on any atom is -0.497 e. The number of aliphatic hydroxyl groups excluding tert-OH is 1. The van der Waals surface area contributed by atoms with Crippen molar-refractivity contribution in [3.8, 4) is 5.75 Å². The molecule has 0 aliphatic carbocycles. The molecule has 1 aliphatic heterocycles. The van der Waals surface area contributed by atoms with E-state index < -0.39 is 18.0 Å². The van der Waals surface area contributed by atoms with Crippen LogP contribution < -0.4 is 4.74 Å². The van der Waals surface area contributed by atoms with Crippen LogP contribution in [-0.2, 0) is 4.79 Å². The Morgan fingerprint density at radius 2 is 2.14 bits per heavy atom. The molecule has 0 saturated carbocycles. The number of carboxylic acid groups (broad SMARTS) is 1. The van der Waals surface area contributed by atoms with Gasteiger partial charge in [0, 0.05) is 28.0 Å². The lowest BCUT2D eigenvalue weighted by Crippen LogP contribution is -2.44. The highest BCUT2D eigenvalue weighted by Gasteiger charge is 2.34. The summed E-state index contributed by atoms with van der Waals surface area (Å²) in [6.45, 7) is 2.34. The molecule has 1 saturated heterocycles. The molecule has 0 amide bonds. The van der Waals surface area contributed by atoms with E-state index in [0.29, 0.717) is 25.1 Å². The van der Waals surface area contributed by atoms with E-state index in [4.69, 9.17) is 16.3 Å². The summed E-state index contributed by atoms with van der Waals surface area (Å²) < 4.78 is 5.34. The van der Waals surface area contributed by atoms with Crippen molar-refractivity contribution in [2.45, 2.75) is 36.7 Å². The standard InChI is InChI=1S/C28H33ClN2O4S/c1-35-21-7-8-26-24(17-21)23(10-12-30-26)27(32)9-6-19-11-14-31(18-25(19)28(33)34)13-3-15-36-22-5-2-4-20(29)16-22/h2,4-5,7-8,10,12,16-17,19,25,27,32H,3,6,9,11,13-15,18H2,1H3,(H,33,34)/t19-,25+,27-/m1/s1. The second kappa shape index (κ2) is 12.8. The van der Waals surface area contributed by atoms with Crippen molar-refractivity contribution in [3.63, 3.8) is 0 Å². The predicted octanol–water partition coefficient (Wildman–Crippen LogP) is 5.92. The molecule has 4 rings (SSSR count). The van der Waals surface area contributed by atoms with Crippen LogP contribution in [0.2, 0.25) is 5.02 Å². The lowest BCUT2D eigenvalue weighted by atomic mass is 9.81. The first-order valence-corrected chi connectivity index (χ1v) is 13.7. The third-order valence-electron chi connectivity index (χ3n) is 6.99. The number of aliphatic hydroxyl groups is 1. The molecule has 0 unspecified atom stereocenters. The fourth-order valence-electron chi connectivity index (χ4n) is 5.02. The summed E-state index contributed by atoms with van der Waals surface area (Å²) in [4.78, 5) is 19.9. The molecule has 8 heteroatoms. The fourth-order valence-corrected chi connectivity index (χ4v) is 6.17. The van der Waals surface area contributed by atoms with Crippen molar-refractivity contribution >= 4 is 40.2 Å². The van der Waals surface area contributed by atoms with E-state index in [-0.39, 0.29) is 5.92 Å². The molecular formula is C28H33ClN2O4S. The van der Waals surface area contributed by atoms with Crippen molar-refractivity contribution in [2.24, 2.45) is 11.8 Å². The molecule has 36 heavy (non-hydrogen) atoms. The maximum absolute atomic E-state index is 12.1. The number of carbonyl (C=O) groups is 1. The molecule has 1 fully saturated rings. The van der Waals surface area contributed by atoms with Crippen molar-refractivity contribution in [2.75, 3.05) is 32.5 Å². The van der Waals surface area contributed by atoms with E-state index >= 15 is 0 Å². The highest BCUT2D eigenvalue weighted by Crippen LogP contribution is 2.34. The molecule has 0 spiro atoms. The van der Waals surface area contributed by atoms with Crippen molar-refractivity contribution < 1.29 is 19.7 Å². The Bertz CT molecular complexity index is 1180. The van der Waals surface area contributed by atoms with Crippen LogP contribution in [0.3, 0.4) is 0 Å². The topological polar surface area (TPSA) is 82.9 Å². The summed E-state index contributed by atoms with van der Waals surface area (Å²) in [5.41, 5.74) is 1.61. The quantitative estimate of drug-likeness (QED) is 0.236. The number of likely N-dealkylation sites (tertiary alicyclic amines) is 1. The lowest BCUT2D eigenvalue weighted by molar-refractivity contribution is -0.146.